The summed E-state index contributed by atoms with van der Waals surface area (Å²) >= 11 is 0. The van der Waals surface area contributed by atoms with Gasteiger partial charge in [-0.25, -0.2) is 0 Å². The van der Waals surface area contributed by atoms with Crippen molar-refractivity contribution in [1.29, 1.82) is 0 Å². The summed E-state index contributed by atoms with van der Waals surface area (Å²) in [6.07, 6.45) is 2.45. The molecule has 0 heterocycles. The molecular weight excluding hydrogens is 218 g/mol. The molecule has 1 fully saturated rings. The second kappa shape index (κ2) is 6.00. The lowest BCUT2D eigenvalue weighted by molar-refractivity contribution is -0.122. The fourth-order valence-corrected chi connectivity index (χ4v) is 1.39. The van der Waals surface area contributed by atoms with Gasteiger partial charge < -0.3 is 10.6 Å². The van der Waals surface area contributed by atoms with Gasteiger partial charge >= 0.3 is 0 Å². The standard InChI is InChI=1S/C12H23N3O2/c1-12(2,3)15-11(17)8-13-7-10(16)14-6-9-4-5-9/h9,13H,4-8H2,1-3H3,(H,14,16)(H,15,17). The van der Waals surface area contributed by atoms with Crippen molar-refractivity contribution in [3.05, 3.63) is 0 Å². The summed E-state index contributed by atoms with van der Waals surface area (Å²) in [5, 5.41) is 8.48. The van der Waals surface area contributed by atoms with Crippen LogP contribution in [-0.4, -0.2) is 37.0 Å². The highest BCUT2D eigenvalue weighted by Gasteiger charge is 2.21. The van der Waals surface area contributed by atoms with E-state index in [4.69, 9.17) is 0 Å². The highest BCUT2D eigenvalue weighted by atomic mass is 16.2. The lowest BCUT2D eigenvalue weighted by Gasteiger charge is -2.20. The summed E-state index contributed by atoms with van der Waals surface area (Å²) in [7, 11) is 0. The average Bonchev–Trinajstić information content (AvgIpc) is 2.95. The maximum atomic E-state index is 11.4. The molecule has 1 rings (SSSR count). The number of hydrogen-bond donors (Lipinski definition) is 3. The van der Waals surface area contributed by atoms with Crippen LogP contribution in [0.5, 0.6) is 0 Å². The van der Waals surface area contributed by atoms with Crippen molar-refractivity contribution in [1.82, 2.24) is 16.0 Å². The van der Waals surface area contributed by atoms with Crippen molar-refractivity contribution in [2.45, 2.75) is 39.2 Å². The first-order chi connectivity index (χ1) is 7.87. The minimum Gasteiger partial charge on any atom is -0.355 e. The Morgan fingerprint density at radius 1 is 1.12 bits per heavy atom. The summed E-state index contributed by atoms with van der Waals surface area (Å²) in [5.41, 5.74) is -0.229. The third-order valence-corrected chi connectivity index (χ3v) is 2.37. The molecule has 0 saturated heterocycles. The molecule has 1 aliphatic carbocycles. The van der Waals surface area contributed by atoms with Crippen LogP contribution in [0.25, 0.3) is 0 Å². The molecule has 0 aromatic carbocycles. The van der Waals surface area contributed by atoms with E-state index in [1.165, 1.54) is 12.8 Å². The minimum absolute atomic E-state index is 0.0412. The van der Waals surface area contributed by atoms with Gasteiger partial charge in [0.15, 0.2) is 0 Å². The van der Waals surface area contributed by atoms with E-state index >= 15 is 0 Å². The molecule has 0 atom stereocenters. The predicted molar refractivity (Wildman–Crippen MR) is 66.5 cm³/mol. The van der Waals surface area contributed by atoms with Crippen molar-refractivity contribution in [2.24, 2.45) is 5.92 Å². The lowest BCUT2D eigenvalue weighted by atomic mass is 10.1. The van der Waals surface area contributed by atoms with Crippen LogP contribution >= 0.6 is 0 Å². The first-order valence-electron chi connectivity index (χ1n) is 6.15. The van der Waals surface area contributed by atoms with E-state index < -0.39 is 0 Å². The highest BCUT2D eigenvalue weighted by molar-refractivity contribution is 5.81. The molecule has 0 spiro atoms. The van der Waals surface area contributed by atoms with E-state index in [1.54, 1.807) is 0 Å². The Hall–Kier alpha value is -1.10. The molecule has 98 valence electrons. The number of hydrogen-bond acceptors (Lipinski definition) is 3. The maximum absolute atomic E-state index is 11.4. The van der Waals surface area contributed by atoms with Crippen molar-refractivity contribution in [3.63, 3.8) is 0 Å². The molecule has 5 nitrogen and oxygen atoms in total. The second-order valence-electron chi connectivity index (χ2n) is 5.65. The van der Waals surface area contributed by atoms with Gasteiger partial charge in [0, 0.05) is 12.1 Å². The Balaban J connectivity index is 2.01. The zero-order valence-corrected chi connectivity index (χ0v) is 10.9. The largest absolute Gasteiger partial charge is 0.355 e. The lowest BCUT2D eigenvalue weighted by Crippen LogP contribution is -2.46. The second-order valence-corrected chi connectivity index (χ2v) is 5.65. The summed E-state index contributed by atoms with van der Waals surface area (Å²) < 4.78 is 0. The third kappa shape index (κ3) is 7.74. The molecule has 1 aliphatic rings. The molecule has 5 heteroatoms. The molecular formula is C12H23N3O2. The molecule has 0 aliphatic heterocycles. The van der Waals surface area contributed by atoms with Gasteiger partial charge in [-0.15, -0.1) is 0 Å². The number of amides is 2. The Labute approximate surface area is 103 Å². The third-order valence-electron chi connectivity index (χ3n) is 2.37. The van der Waals surface area contributed by atoms with Gasteiger partial charge in [-0.1, -0.05) is 0 Å². The summed E-state index contributed by atoms with van der Waals surface area (Å²) in [4.78, 5) is 22.7. The van der Waals surface area contributed by atoms with Crippen molar-refractivity contribution >= 4 is 11.8 Å². The molecule has 17 heavy (non-hydrogen) atoms. The molecule has 1 saturated carbocycles. The number of nitrogens with one attached hydrogen (secondary N) is 3. The van der Waals surface area contributed by atoms with Crippen LogP contribution in [0, 0.1) is 5.92 Å². The van der Waals surface area contributed by atoms with Crippen LogP contribution in [0.4, 0.5) is 0 Å². The Bertz CT molecular complexity index is 280. The molecule has 3 N–H and O–H groups in total. The van der Waals surface area contributed by atoms with E-state index in [2.05, 4.69) is 16.0 Å². The van der Waals surface area contributed by atoms with Gasteiger partial charge in [-0.05, 0) is 39.5 Å². The number of carbonyl (C=O) groups is 2. The van der Waals surface area contributed by atoms with Crippen LogP contribution in [-0.2, 0) is 9.59 Å². The van der Waals surface area contributed by atoms with Crippen LogP contribution in [0.2, 0.25) is 0 Å². The molecule has 2 amide bonds. The highest BCUT2D eigenvalue weighted by Crippen LogP contribution is 2.27. The smallest absolute Gasteiger partial charge is 0.234 e. The summed E-state index contributed by atoms with van der Waals surface area (Å²) in [6, 6.07) is 0. The van der Waals surface area contributed by atoms with E-state index in [-0.39, 0.29) is 30.4 Å². The zero-order chi connectivity index (χ0) is 12.9. The molecule has 0 radical (unpaired) electrons. The van der Waals surface area contributed by atoms with Crippen LogP contribution < -0.4 is 16.0 Å². The van der Waals surface area contributed by atoms with Gasteiger partial charge in [0.05, 0.1) is 13.1 Å². The SMILES string of the molecule is CC(C)(C)NC(=O)CNCC(=O)NCC1CC1. The van der Waals surface area contributed by atoms with E-state index in [9.17, 15) is 9.59 Å². The molecule has 0 unspecified atom stereocenters. The normalized spacial score (nSPS) is 15.5. The molecule has 0 aromatic heterocycles. The molecule has 0 bridgehead atoms. The Morgan fingerprint density at radius 3 is 2.24 bits per heavy atom. The monoisotopic (exact) mass is 241 g/mol. The zero-order valence-electron chi connectivity index (χ0n) is 10.9. The number of carbonyl (C=O) groups excluding carboxylic acids is 2. The Kier molecular flexibility index (Phi) is 4.93. The summed E-state index contributed by atoms with van der Waals surface area (Å²) in [6.45, 7) is 6.92. The first kappa shape index (κ1) is 14.0. The van der Waals surface area contributed by atoms with Crippen molar-refractivity contribution < 1.29 is 9.59 Å². The van der Waals surface area contributed by atoms with Crippen molar-refractivity contribution in [2.75, 3.05) is 19.6 Å². The van der Waals surface area contributed by atoms with Crippen LogP contribution in [0.1, 0.15) is 33.6 Å². The predicted octanol–water partition coefficient (Wildman–Crippen LogP) is 0.0169. The summed E-state index contributed by atoms with van der Waals surface area (Å²) in [5.74, 6) is 0.552. The first-order valence-corrected chi connectivity index (χ1v) is 6.15. The van der Waals surface area contributed by atoms with Gasteiger partial charge in [0.1, 0.15) is 0 Å². The van der Waals surface area contributed by atoms with Gasteiger partial charge in [0.2, 0.25) is 11.8 Å². The quantitative estimate of drug-likeness (QED) is 0.614. The van der Waals surface area contributed by atoms with Gasteiger partial charge in [-0.3, -0.25) is 14.9 Å². The van der Waals surface area contributed by atoms with E-state index in [0.29, 0.717) is 5.92 Å². The minimum atomic E-state index is -0.229. The fourth-order valence-electron chi connectivity index (χ4n) is 1.39. The molecule has 0 aromatic rings. The fraction of sp³-hybridized carbons (Fsp3) is 0.833. The Morgan fingerprint density at radius 2 is 1.71 bits per heavy atom. The van der Waals surface area contributed by atoms with Crippen LogP contribution in [0.3, 0.4) is 0 Å². The maximum Gasteiger partial charge on any atom is 0.234 e. The van der Waals surface area contributed by atoms with Crippen LogP contribution in [0.15, 0.2) is 0 Å². The number of rotatable bonds is 6. The average molecular weight is 241 g/mol. The van der Waals surface area contributed by atoms with E-state index in [0.717, 1.165) is 6.54 Å². The topological polar surface area (TPSA) is 70.2 Å². The van der Waals surface area contributed by atoms with Crippen molar-refractivity contribution in [3.8, 4) is 0 Å². The van der Waals surface area contributed by atoms with Gasteiger partial charge in [0.25, 0.3) is 0 Å². The van der Waals surface area contributed by atoms with E-state index in [1.807, 2.05) is 20.8 Å². The van der Waals surface area contributed by atoms with Gasteiger partial charge in [-0.2, -0.15) is 0 Å².